The summed E-state index contributed by atoms with van der Waals surface area (Å²) < 4.78 is 10.4. The number of nitrogens with one attached hydrogen (secondary N) is 1. The molecule has 0 spiro atoms. The highest BCUT2D eigenvalue weighted by Gasteiger charge is 2.42. The van der Waals surface area contributed by atoms with Gasteiger partial charge in [0, 0.05) is 38.6 Å². The molecule has 2 aliphatic heterocycles. The molecule has 0 unspecified atom stereocenters. The summed E-state index contributed by atoms with van der Waals surface area (Å²) in [6, 6.07) is 8.32. The van der Waals surface area contributed by atoms with Crippen LogP contribution in [0.4, 0.5) is 5.95 Å². The lowest BCUT2D eigenvalue weighted by Crippen LogP contribution is -2.57. The zero-order valence-corrected chi connectivity index (χ0v) is 18.1. The summed E-state index contributed by atoms with van der Waals surface area (Å²) in [6.07, 6.45) is 3.43. The topological polar surface area (TPSA) is 109 Å². The lowest BCUT2D eigenvalue weighted by atomic mass is 9.91. The zero-order valence-electron chi connectivity index (χ0n) is 18.1. The van der Waals surface area contributed by atoms with Crippen molar-refractivity contribution in [2.75, 3.05) is 44.8 Å². The van der Waals surface area contributed by atoms with Crippen LogP contribution in [0.5, 0.6) is 5.75 Å². The SMILES string of the molecule is CCOC(=O)[C@H]1C(=O)NC(N2CCN(c3ncccn3)CC2)=N[C@H]1c1ccc(OC)cc1. The largest absolute Gasteiger partial charge is 0.497 e. The fourth-order valence-electron chi connectivity index (χ4n) is 3.84. The quantitative estimate of drug-likeness (QED) is 0.544. The van der Waals surface area contributed by atoms with Gasteiger partial charge in [0.2, 0.25) is 17.8 Å². The van der Waals surface area contributed by atoms with Crippen LogP contribution in [0.2, 0.25) is 0 Å². The van der Waals surface area contributed by atoms with Crippen molar-refractivity contribution >= 4 is 23.8 Å². The Hall–Kier alpha value is -3.69. The van der Waals surface area contributed by atoms with Crippen molar-refractivity contribution in [3.8, 4) is 5.75 Å². The van der Waals surface area contributed by atoms with Gasteiger partial charge in [-0.25, -0.2) is 15.0 Å². The number of esters is 1. The summed E-state index contributed by atoms with van der Waals surface area (Å²) >= 11 is 0. The highest BCUT2D eigenvalue weighted by molar-refractivity contribution is 6.08. The molecule has 0 bridgehead atoms. The number of carbonyl (C=O) groups excluding carboxylic acids is 2. The minimum absolute atomic E-state index is 0.192. The Morgan fingerprint density at radius 1 is 1.09 bits per heavy atom. The molecular formula is C22H26N6O4. The lowest BCUT2D eigenvalue weighted by Gasteiger charge is -2.38. The molecule has 0 saturated carbocycles. The van der Waals surface area contributed by atoms with Gasteiger partial charge in [0.15, 0.2) is 5.92 Å². The lowest BCUT2D eigenvalue weighted by molar-refractivity contribution is -0.153. The number of amides is 1. The normalized spacial score (nSPS) is 20.9. The number of aliphatic imine (C=N–C) groups is 1. The second kappa shape index (κ2) is 9.63. The highest BCUT2D eigenvalue weighted by atomic mass is 16.5. The van der Waals surface area contributed by atoms with Gasteiger partial charge in [-0.05, 0) is 30.7 Å². The molecule has 1 aromatic heterocycles. The van der Waals surface area contributed by atoms with Crippen LogP contribution >= 0.6 is 0 Å². The molecule has 1 N–H and O–H groups in total. The number of hydrogen-bond acceptors (Lipinski definition) is 9. The van der Waals surface area contributed by atoms with E-state index in [0.717, 1.165) is 5.56 Å². The maximum atomic E-state index is 13.0. The number of anilines is 1. The summed E-state index contributed by atoms with van der Waals surface area (Å²) in [5.41, 5.74) is 0.743. The molecule has 1 amide bonds. The predicted octanol–water partition coefficient (Wildman–Crippen LogP) is 1.01. The molecule has 2 aromatic rings. The van der Waals surface area contributed by atoms with E-state index in [1.165, 1.54) is 0 Å². The number of rotatable bonds is 5. The van der Waals surface area contributed by atoms with Crippen molar-refractivity contribution in [3.05, 3.63) is 48.3 Å². The summed E-state index contributed by atoms with van der Waals surface area (Å²) in [4.78, 5) is 43.0. The van der Waals surface area contributed by atoms with Crippen LogP contribution in [-0.4, -0.2) is 72.6 Å². The van der Waals surface area contributed by atoms with Crippen LogP contribution in [0, 0.1) is 5.92 Å². The number of benzene rings is 1. The van der Waals surface area contributed by atoms with Gasteiger partial charge in [-0.15, -0.1) is 0 Å². The number of hydrogen-bond donors (Lipinski definition) is 1. The van der Waals surface area contributed by atoms with E-state index in [4.69, 9.17) is 14.5 Å². The van der Waals surface area contributed by atoms with E-state index >= 15 is 0 Å². The first-order valence-electron chi connectivity index (χ1n) is 10.6. The molecular weight excluding hydrogens is 412 g/mol. The maximum Gasteiger partial charge on any atom is 0.321 e. The maximum absolute atomic E-state index is 13.0. The number of aromatic nitrogens is 2. The number of ether oxygens (including phenoxy) is 2. The molecule has 168 valence electrons. The molecule has 32 heavy (non-hydrogen) atoms. The second-order valence-corrected chi connectivity index (χ2v) is 7.41. The zero-order chi connectivity index (χ0) is 22.5. The van der Waals surface area contributed by atoms with Crippen LogP contribution < -0.4 is 15.0 Å². The predicted molar refractivity (Wildman–Crippen MR) is 117 cm³/mol. The molecule has 1 aromatic carbocycles. The van der Waals surface area contributed by atoms with Gasteiger partial charge >= 0.3 is 5.97 Å². The summed E-state index contributed by atoms with van der Waals surface area (Å²) in [5, 5.41) is 2.81. The number of guanidine groups is 1. The van der Waals surface area contributed by atoms with Gasteiger partial charge in [-0.2, -0.15) is 0 Å². The Morgan fingerprint density at radius 3 is 2.38 bits per heavy atom. The number of carbonyl (C=O) groups is 2. The Labute approximate surface area is 186 Å². The first-order chi connectivity index (χ1) is 15.6. The van der Waals surface area contributed by atoms with Crippen LogP contribution in [0.1, 0.15) is 18.5 Å². The van der Waals surface area contributed by atoms with Crippen LogP contribution in [-0.2, 0) is 14.3 Å². The molecule has 1 saturated heterocycles. The minimum atomic E-state index is -1.05. The van der Waals surface area contributed by atoms with Crippen molar-refractivity contribution in [2.24, 2.45) is 10.9 Å². The van der Waals surface area contributed by atoms with Crippen molar-refractivity contribution in [1.82, 2.24) is 20.2 Å². The van der Waals surface area contributed by atoms with E-state index in [1.807, 2.05) is 17.0 Å². The van der Waals surface area contributed by atoms with Crippen molar-refractivity contribution in [3.63, 3.8) is 0 Å². The Morgan fingerprint density at radius 2 is 1.75 bits per heavy atom. The van der Waals surface area contributed by atoms with Crippen molar-refractivity contribution in [1.29, 1.82) is 0 Å². The van der Waals surface area contributed by atoms with Gasteiger partial charge in [0.25, 0.3) is 0 Å². The Bertz CT molecular complexity index is 974. The van der Waals surface area contributed by atoms with Crippen LogP contribution in [0.25, 0.3) is 0 Å². The van der Waals surface area contributed by atoms with Gasteiger partial charge in [0.1, 0.15) is 11.8 Å². The van der Waals surface area contributed by atoms with E-state index in [0.29, 0.717) is 43.8 Å². The fourth-order valence-corrected chi connectivity index (χ4v) is 3.84. The molecule has 0 radical (unpaired) electrons. The fraction of sp³-hybridized carbons (Fsp3) is 0.409. The molecule has 10 nitrogen and oxygen atoms in total. The third kappa shape index (κ3) is 4.48. The van der Waals surface area contributed by atoms with E-state index < -0.39 is 23.8 Å². The highest BCUT2D eigenvalue weighted by Crippen LogP contribution is 2.32. The van der Waals surface area contributed by atoms with Crippen LogP contribution in [0.15, 0.2) is 47.7 Å². The van der Waals surface area contributed by atoms with Crippen molar-refractivity contribution in [2.45, 2.75) is 13.0 Å². The minimum Gasteiger partial charge on any atom is -0.497 e. The molecule has 3 heterocycles. The van der Waals surface area contributed by atoms with Crippen LogP contribution in [0.3, 0.4) is 0 Å². The average molecular weight is 438 g/mol. The third-order valence-electron chi connectivity index (χ3n) is 5.51. The number of piperazine rings is 1. The van der Waals surface area contributed by atoms with E-state index in [9.17, 15) is 9.59 Å². The smallest absolute Gasteiger partial charge is 0.321 e. The second-order valence-electron chi connectivity index (χ2n) is 7.41. The summed E-state index contributed by atoms with van der Waals surface area (Å²) in [7, 11) is 1.58. The molecule has 2 atom stereocenters. The molecule has 10 heteroatoms. The first kappa shape index (κ1) is 21.5. The number of nitrogens with zero attached hydrogens (tertiary/aromatic N) is 5. The Balaban J connectivity index is 1.56. The van der Waals surface area contributed by atoms with Gasteiger partial charge in [0.05, 0.1) is 13.7 Å². The van der Waals surface area contributed by atoms with E-state index in [2.05, 4.69) is 20.2 Å². The first-order valence-corrected chi connectivity index (χ1v) is 10.6. The monoisotopic (exact) mass is 438 g/mol. The van der Waals surface area contributed by atoms with Gasteiger partial charge in [-0.1, -0.05) is 12.1 Å². The summed E-state index contributed by atoms with van der Waals surface area (Å²) in [6.45, 7) is 4.55. The van der Waals surface area contributed by atoms with Gasteiger partial charge in [-0.3, -0.25) is 14.9 Å². The molecule has 1 fully saturated rings. The standard InChI is InChI=1S/C22H26N6O4/c1-3-32-20(30)17-18(15-5-7-16(31-2)8-6-15)25-22(26-19(17)29)28-13-11-27(12-14-28)21-23-9-4-10-24-21/h4-10,17-18H,3,11-14H2,1-2H3,(H,25,26,29)/t17-,18+/m1/s1. The summed E-state index contributed by atoms with van der Waals surface area (Å²) in [5.74, 6) is -0.218. The Kier molecular flexibility index (Phi) is 6.48. The molecule has 4 rings (SSSR count). The van der Waals surface area contributed by atoms with E-state index in [-0.39, 0.29) is 6.61 Å². The van der Waals surface area contributed by atoms with E-state index in [1.54, 1.807) is 44.6 Å². The van der Waals surface area contributed by atoms with Gasteiger partial charge < -0.3 is 19.3 Å². The molecule has 0 aliphatic carbocycles. The molecule has 2 aliphatic rings. The average Bonchev–Trinajstić information content (AvgIpc) is 2.84. The third-order valence-corrected chi connectivity index (χ3v) is 5.51. The number of methoxy groups -OCH3 is 1. The van der Waals surface area contributed by atoms with Crippen molar-refractivity contribution < 1.29 is 19.1 Å².